The average molecular weight is 184 g/mol. The fourth-order valence-electron chi connectivity index (χ4n) is 3.44. The van der Waals surface area contributed by atoms with Gasteiger partial charge in [-0.1, -0.05) is 18.2 Å². The average Bonchev–Trinajstić information content (AvgIpc) is 2.68. The molecular weight excluding hydrogens is 172 g/mol. The van der Waals surface area contributed by atoms with Crippen LogP contribution < -0.4 is 4.74 Å². The molecule has 4 rings (SSSR count). The van der Waals surface area contributed by atoms with Crippen LogP contribution in [-0.4, -0.2) is 7.11 Å². The highest BCUT2D eigenvalue weighted by atomic mass is 16.5. The lowest BCUT2D eigenvalue weighted by Gasteiger charge is -2.09. The Hall–Kier alpha value is -1.24. The second-order valence-corrected chi connectivity index (χ2v) is 4.59. The molecule has 1 saturated carbocycles. The first-order valence-electron chi connectivity index (χ1n) is 5.26. The maximum atomic E-state index is 5.27. The minimum Gasteiger partial charge on any atom is -0.497 e. The number of hydrogen-bond donors (Lipinski definition) is 0. The molecule has 3 aliphatic carbocycles. The summed E-state index contributed by atoms with van der Waals surface area (Å²) in [6.45, 7) is 0. The van der Waals surface area contributed by atoms with Gasteiger partial charge in [0.15, 0.2) is 0 Å². The first-order valence-corrected chi connectivity index (χ1v) is 5.26. The Labute approximate surface area is 83.4 Å². The highest BCUT2D eigenvalue weighted by Gasteiger charge is 2.61. The van der Waals surface area contributed by atoms with E-state index < -0.39 is 0 Å². The number of rotatable bonds is 1. The number of allylic oxidation sites excluding steroid dienone is 2. The summed E-state index contributed by atoms with van der Waals surface area (Å²) < 4.78 is 5.27. The third kappa shape index (κ3) is 0.617. The molecule has 1 aromatic rings. The minimum absolute atomic E-state index is 0.704. The van der Waals surface area contributed by atoms with Gasteiger partial charge >= 0.3 is 0 Å². The molecule has 0 radical (unpaired) electrons. The van der Waals surface area contributed by atoms with Gasteiger partial charge in [-0.2, -0.15) is 0 Å². The van der Waals surface area contributed by atoms with Gasteiger partial charge in [-0.15, -0.1) is 0 Å². The van der Waals surface area contributed by atoms with Crippen LogP contribution in [0, 0.1) is 11.8 Å². The van der Waals surface area contributed by atoms with Crippen LogP contribution in [-0.2, 0) is 0 Å². The Balaban J connectivity index is 1.92. The minimum atomic E-state index is 0.704. The molecule has 0 N–H and O–H groups in total. The molecule has 0 aliphatic heterocycles. The van der Waals surface area contributed by atoms with Gasteiger partial charge in [0, 0.05) is 5.92 Å². The van der Waals surface area contributed by atoms with Crippen LogP contribution in [0.5, 0.6) is 5.75 Å². The summed E-state index contributed by atoms with van der Waals surface area (Å²) in [7, 11) is 1.74. The van der Waals surface area contributed by atoms with Crippen LogP contribution in [0.25, 0.3) is 0 Å². The highest BCUT2D eigenvalue weighted by Crippen LogP contribution is 2.71. The quantitative estimate of drug-likeness (QED) is 0.610. The van der Waals surface area contributed by atoms with Crippen molar-refractivity contribution in [1.29, 1.82) is 0 Å². The van der Waals surface area contributed by atoms with Crippen molar-refractivity contribution in [2.24, 2.45) is 11.8 Å². The smallest absolute Gasteiger partial charge is 0.119 e. The van der Waals surface area contributed by atoms with Gasteiger partial charge in [0.1, 0.15) is 5.75 Å². The van der Waals surface area contributed by atoms with Crippen molar-refractivity contribution in [3.05, 3.63) is 41.5 Å². The van der Waals surface area contributed by atoms with Gasteiger partial charge in [0.05, 0.1) is 7.11 Å². The van der Waals surface area contributed by atoms with E-state index in [2.05, 4.69) is 30.4 Å². The SMILES string of the molecule is COc1ccc2c(c1)[C@@H]1C=C[C@@H]3[C@@H]2[C@H]31. The van der Waals surface area contributed by atoms with Crippen molar-refractivity contribution in [3.8, 4) is 5.75 Å². The van der Waals surface area contributed by atoms with Crippen molar-refractivity contribution < 1.29 is 4.74 Å². The van der Waals surface area contributed by atoms with E-state index in [0.29, 0.717) is 5.92 Å². The van der Waals surface area contributed by atoms with Crippen molar-refractivity contribution in [2.75, 3.05) is 7.11 Å². The number of hydrogen-bond acceptors (Lipinski definition) is 1. The third-order valence-corrected chi connectivity index (χ3v) is 4.10. The second kappa shape index (κ2) is 2.05. The van der Waals surface area contributed by atoms with E-state index in [1.165, 1.54) is 5.56 Å². The molecule has 4 atom stereocenters. The zero-order valence-corrected chi connectivity index (χ0v) is 8.10. The van der Waals surface area contributed by atoms with Crippen LogP contribution in [0.4, 0.5) is 0 Å². The highest BCUT2D eigenvalue weighted by molar-refractivity contribution is 5.56. The van der Waals surface area contributed by atoms with E-state index in [0.717, 1.165) is 23.5 Å². The van der Waals surface area contributed by atoms with Gasteiger partial charge in [-0.3, -0.25) is 0 Å². The summed E-state index contributed by atoms with van der Waals surface area (Å²) in [5, 5.41) is 0. The molecular formula is C13H12O. The first-order chi connectivity index (χ1) is 6.90. The molecule has 0 saturated heterocycles. The van der Waals surface area contributed by atoms with Gasteiger partial charge in [-0.25, -0.2) is 0 Å². The van der Waals surface area contributed by atoms with Crippen LogP contribution in [0.15, 0.2) is 30.4 Å². The summed E-state index contributed by atoms with van der Waals surface area (Å²) in [6, 6.07) is 6.58. The van der Waals surface area contributed by atoms with E-state index in [-0.39, 0.29) is 0 Å². The van der Waals surface area contributed by atoms with Gasteiger partial charge < -0.3 is 4.74 Å². The van der Waals surface area contributed by atoms with Gasteiger partial charge in [0.2, 0.25) is 0 Å². The fraction of sp³-hybridized carbons (Fsp3) is 0.385. The molecule has 0 bridgehead atoms. The number of benzene rings is 1. The molecule has 14 heavy (non-hydrogen) atoms. The molecule has 0 amide bonds. The molecule has 3 aliphatic rings. The zero-order chi connectivity index (χ0) is 9.28. The lowest BCUT2D eigenvalue weighted by Crippen LogP contribution is -1.94. The number of ether oxygens (including phenoxy) is 1. The molecule has 0 aromatic heterocycles. The molecule has 0 unspecified atom stereocenters. The Morgan fingerprint density at radius 2 is 2.07 bits per heavy atom. The zero-order valence-electron chi connectivity index (χ0n) is 8.10. The first kappa shape index (κ1) is 7.10. The Morgan fingerprint density at radius 3 is 2.93 bits per heavy atom. The molecule has 1 aromatic carbocycles. The van der Waals surface area contributed by atoms with Crippen molar-refractivity contribution >= 4 is 0 Å². The monoisotopic (exact) mass is 184 g/mol. The predicted molar refractivity (Wildman–Crippen MR) is 54.6 cm³/mol. The fourth-order valence-corrected chi connectivity index (χ4v) is 3.44. The predicted octanol–water partition coefficient (Wildman–Crippen LogP) is 2.69. The summed E-state index contributed by atoms with van der Waals surface area (Å²) in [6.07, 6.45) is 4.80. The van der Waals surface area contributed by atoms with Crippen LogP contribution in [0.3, 0.4) is 0 Å². The summed E-state index contributed by atoms with van der Waals surface area (Å²) in [4.78, 5) is 0. The summed E-state index contributed by atoms with van der Waals surface area (Å²) in [5.74, 6) is 4.35. The third-order valence-electron chi connectivity index (χ3n) is 4.10. The standard InChI is InChI=1S/C13H12O/c1-14-7-2-3-8-11(6-7)9-4-5-10-12(8)13(9)10/h2-6,9-10,12-13H,1H3/t9-,10+,12+,13-/m0/s1. The van der Waals surface area contributed by atoms with E-state index in [9.17, 15) is 0 Å². The lowest BCUT2D eigenvalue weighted by molar-refractivity contribution is 0.414. The maximum Gasteiger partial charge on any atom is 0.119 e. The van der Waals surface area contributed by atoms with Crippen molar-refractivity contribution in [2.45, 2.75) is 11.8 Å². The van der Waals surface area contributed by atoms with Crippen molar-refractivity contribution in [1.82, 2.24) is 0 Å². The Kier molecular flexibility index (Phi) is 1.04. The lowest BCUT2D eigenvalue weighted by atomic mass is 9.98. The Morgan fingerprint density at radius 1 is 1.14 bits per heavy atom. The molecule has 0 heterocycles. The van der Waals surface area contributed by atoms with Crippen LogP contribution in [0.2, 0.25) is 0 Å². The number of methoxy groups -OCH3 is 1. The van der Waals surface area contributed by atoms with Crippen molar-refractivity contribution in [3.63, 3.8) is 0 Å². The largest absolute Gasteiger partial charge is 0.497 e. The summed E-state index contributed by atoms with van der Waals surface area (Å²) in [5.41, 5.74) is 3.10. The maximum absolute atomic E-state index is 5.27. The van der Waals surface area contributed by atoms with Gasteiger partial charge in [-0.05, 0) is 41.0 Å². The van der Waals surface area contributed by atoms with E-state index >= 15 is 0 Å². The topological polar surface area (TPSA) is 9.23 Å². The molecule has 1 fully saturated rings. The van der Waals surface area contributed by atoms with E-state index in [1.807, 2.05) is 0 Å². The van der Waals surface area contributed by atoms with E-state index in [4.69, 9.17) is 4.74 Å². The molecule has 0 spiro atoms. The normalized spacial score (nSPS) is 39.5. The second-order valence-electron chi connectivity index (χ2n) is 4.59. The summed E-state index contributed by atoms with van der Waals surface area (Å²) >= 11 is 0. The Bertz CT molecular complexity index is 447. The van der Waals surface area contributed by atoms with E-state index in [1.54, 1.807) is 12.7 Å². The van der Waals surface area contributed by atoms with Crippen LogP contribution in [0.1, 0.15) is 23.0 Å². The van der Waals surface area contributed by atoms with Crippen LogP contribution >= 0.6 is 0 Å². The molecule has 70 valence electrons. The number of fused-ring (bicyclic) bond motifs is 4. The van der Waals surface area contributed by atoms with Gasteiger partial charge in [0.25, 0.3) is 0 Å². The molecule has 1 nitrogen and oxygen atoms in total. The molecule has 1 heteroatoms.